The summed E-state index contributed by atoms with van der Waals surface area (Å²) in [6, 6.07) is 2.66. The number of benzene rings is 1. The van der Waals surface area contributed by atoms with Crippen molar-refractivity contribution >= 4 is 29.4 Å². The van der Waals surface area contributed by atoms with Crippen molar-refractivity contribution in [2.75, 3.05) is 18.5 Å². The van der Waals surface area contributed by atoms with Gasteiger partial charge in [-0.05, 0) is 31.0 Å². The molecular formula is C21H20F3N5O5. The number of anilines is 1. The lowest BCUT2D eigenvalue weighted by Crippen LogP contribution is -2.37. The first-order chi connectivity index (χ1) is 16.1. The molecule has 34 heavy (non-hydrogen) atoms. The fourth-order valence-electron chi connectivity index (χ4n) is 4.24. The Bertz CT molecular complexity index is 1090. The summed E-state index contributed by atoms with van der Waals surface area (Å²) in [5.74, 6) is -3.57. The number of ether oxygens (including phenoxy) is 1. The molecule has 0 spiro atoms. The summed E-state index contributed by atoms with van der Waals surface area (Å²) in [6.45, 7) is -1.44. The molecule has 3 amide bonds. The molecule has 2 unspecified atom stereocenters. The molecule has 2 atom stereocenters. The average Bonchev–Trinajstić information content (AvgIpc) is 3.41. The quantitative estimate of drug-likeness (QED) is 0.496. The van der Waals surface area contributed by atoms with Crippen molar-refractivity contribution < 1.29 is 37.1 Å². The smallest absolute Gasteiger partial charge is 0.416 e. The Morgan fingerprint density at radius 2 is 1.79 bits per heavy atom. The molecule has 2 aromatic rings. The number of nitrogens with one attached hydrogen (secondary N) is 1. The van der Waals surface area contributed by atoms with E-state index in [0.29, 0.717) is 12.8 Å². The number of hydrogen-bond acceptors (Lipinski definition) is 7. The highest BCUT2D eigenvalue weighted by atomic mass is 19.4. The van der Waals surface area contributed by atoms with E-state index in [1.54, 1.807) is 0 Å². The third-order valence-electron chi connectivity index (χ3n) is 5.85. The van der Waals surface area contributed by atoms with Gasteiger partial charge in [0.15, 0.2) is 6.61 Å². The number of nitrogens with zero attached hydrogens (tertiary/aromatic N) is 4. The molecule has 180 valence electrons. The molecule has 1 aliphatic heterocycles. The number of rotatable bonds is 6. The summed E-state index contributed by atoms with van der Waals surface area (Å²) in [6.07, 6.45) is 0.610. The molecule has 2 heterocycles. The lowest BCUT2D eigenvalue weighted by molar-refractivity contribution is -0.154. The Kier molecular flexibility index (Phi) is 6.35. The Hall–Kier alpha value is -3.77. The molecule has 1 aliphatic carbocycles. The van der Waals surface area contributed by atoms with Gasteiger partial charge in [0.1, 0.15) is 19.2 Å². The SMILES string of the molecule is O=C(COC(=O)CN1C(=O)C2CCCCC2C1=O)Nc1cc(C(F)(F)F)ccc1-n1cncn1. The van der Waals surface area contributed by atoms with Gasteiger partial charge in [-0.15, -0.1) is 0 Å². The highest BCUT2D eigenvalue weighted by Gasteiger charge is 2.48. The maximum atomic E-state index is 13.1. The third-order valence-corrected chi connectivity index (χ3v) is 5.85. The van der Waals surface area contributed by atoms with E-state index in [4.69, 9.17) is 4.74 Å². The zero-order valence-corrected chi connectivity index (χ0v) is 17.7. The molecule has 1 N–H and O–H groups in total. The predicted octanol–water partition coefficient (Wildman–Crippen LogP) is 1.94. The van der Waals surface area contributed by atoms with Crippen molar-refractivity contribution in [3.63, 3.8) is 0 Å². The van der Waals surface area contributed by atoms with Gasteiger partial charge in [0, 0.05) is 0 Å². The molecule has 0 bridgehead atoms. The second-order valence-electron chi connectivity index (χ2n) is 8.04. The minimum absolute atomic E-state index is 0.112. The minimum Gasteiger partial charge on any atom is -0.454 e. The Labute approximate surface area is 191 Å². The van der Waals surface area contributed by atoms with Gasteiger partial charge in [-0.1, -0.05) is 12.8 Å². The number of carbonyl (C=O) groups excluding carboxylic acids is 4. The summed E-state index contributed by atoms with van der Waals surface area (Å²) in [5.41, 5.74) is -1.12. The van der Waals surface area contributed by atoms with E-state index in [2.05, 4.69) is 15.4 Å². The van der Waals surface area contributed by atoms with Crippen molar-refractivity contribution in [3.8, 4) is 5.69 Å². The Morgan fingerprint density at radius 3 is 2.38 bits per heavy atom. The van der Waals surface area contributed by atoms with Crippen molar-refractivity contribution in [2.45, 2.75) is 31.9 Å². The van der Waals surface area contributed by atoms with E-state index >= 15 is 0 Å². The fourth-order valence-corrected chi connectivity index (χ4v) is 4.24. The summed E-state index contributed by atoms with van der Waals surface area (Å²) in [4.78, 5) is 53.9. The number of amides is 3. The first kappa shape index (κ1) is 23.4. The summed E-state index contributed by atoms with van der Waals surface area (Å²) >= 11 is 0. The predicted molar refractivity (Wildman–Crippen MR) is 108 cm³/mol. The number of esters is 1. The number of alkyl halides is 3. The van der Waals surface area contributed by atoms with Gasteiger partial charge in [0.2, 0.25) is 11.8 Å². The number of likely N-dealkylation sites (tertiary alicyclic amines) is 1. The van der Waals surface area contributed by atoms with Crippen LogP contribution < -0.4 is 5.32 Å². The van der Waals surface area contributed by atoms with Gasteiger partial charge in [-0.3, -0.25) is 24.1 Å². The highest BCUT2D eigenvalue weighted by Crippen LogP contribution is 2.38. The molecule has 1 saturated heterocycles. The molecule has 1 saturated carbocycles. The van der Waals surface area contributed by atoms with Gasteiger partial charge in [0.25, 0.3) is 5.91 Å². The molecule has 0 radical (unpaired) electrons. The van der Waals surface area contributed by atoms with Crippen molar-refractivity contribution in [2.24, 2.45) is 11.8 Å². The van der Waals surface area contributed by atoms with E-state index in [1.165, 1.54) is 12.7 Å². The number of hydrogen-bond donors (Lipinski definition) is 1. The lowest BCUT2D eigenvalue weighted by atomic mass is 9.81. The first-order valence-electron chi connectivity index (χ1n) is 10.5. The molecule has 4 rings (SSSR count). The zero-order valence-electron chi connectivity index (χ0n) is 17.7. The maximum Gasteiger partial charge on any atom is 0.416 e. The van der Waals surface area contributed by atoms with E-state index in [1.807, 2.05) is 0 Å². The zero-order chi connectivity index (χ0) is 24.5. The van der Waals surface area contributed by atoms with Crippen LogP contribution in [0.2, 0.25) is 0 Å². The molecule has 13 heteroatoms. The third kappa shape index (κ3) is 4.77. The van der Waals surface area contributed by atoms with Crippen LogP contribution in [-0.4, -0.2) is 56.5 Å². The van der Waals surface area contributed by atoms with Crippen LogP contribution in [0.4, 0.5) is 18.9 Å². The molecule has 2 aliphatic rings. The van der Waals surface area contributed by atoms with Gasteiger partial charge in [0.05, 0.1) is 28.8 Å². The van der Waals surface area contributed by atoms with Crippen LogP contribution in [0, 0.1) is 11.8 Å². The molecule has 1 aromatic carbocycles. The molecular weight excluding hydrogens is 459 g/mol. The monoisotopic (exact) mass is 479 g/mol. The van der Waals surface area contributed by atoms with Gasteiger partial charge < -0.3 is 10.1 Å². The van der Waals surface area contributed by atoms with Crippen LogP contribution in [-0.2, 0) is 30.1 Å². The maximum absolute atomic E-state index is 13.1. The topological polar surface area (TPSA) is 123 Å². The number of carbonyl (C=O) groups is 4. The number of aromatic nitrogens is 3. The van der Waals surface area contributed by atoms with Gasteiger partial charge >= 0.3 is 12.1 Å². The largest absolute Gasteiger partial charge is 0.454 e. The van der Waals surface area contributed by atoms with E-state index in [9.17, 15) is 32.3 Å². The Morgan fingerprint density at radius 1 is 1.12 bits per heavy atom. The van der Waals surface area contributed by atoms with Crippen LogP contribution in [0.3, 0.4) is 0 Å². The summed E-state index contributed by atoms with van der Waals surface area (Å²) in [5, 5.41) is 6.11. The molecule has 2 fully saturated rings. The molecule has 1 aromatic heterocycles. The molecule has 10 nitrogen and oxygen atoms in total. The van der Waals surface area contributed by atoms with E-state index in [-0.39, 0.29) is 11.4 Å². The number of halogens is 3. The van der Waals surface area contributed by atoms with Crippen LogP contribution >= 0.6 is 0 Å². The van der Waals surface area contributed by atoms with Crippen LogP contribution in [0.1, 0.15) is 31.2 Å². The van der Waals surface area contributed by atoms with Crippen LogP contribution in [0.5, 0.6) is 0 Å². The van der Waals surface area contributed by atoms with Crippen LogP contribution in [0.25, 0.3) is 5.69 Å². The second-order valence-corrected chi connectivity index (χ2v) is 8.04. The summed E-state index contributed by atoms with van der Waals surface area (Å²) < 4.78 is 45.4. The lowest BCUT2D eigenvalue weighted by Gasteiger charge is -2.19. The van der Waals surface area contributed by atoms with Gasteiger partial charge in [-0.25, -0.2) is 9.67 Å². The fraction of sp³-hybridized carbons (Fsp3) is 0.429. The van der Waals surface area contributed by atoms with Crippen molar-refractivity contribution in [1.82, 2.24) is 19.7 Å². The van der Waals surface area contributed by atoms with Gasteiger partial charge in [-0.2, -0.15) is 18.3 Å². The standard InChI is InChI=1S/C21H20F3N5O5/c22-21(23,24)12-5-6-16(29-11-25-10-26-29)15(7-12)27-17(30)9-34-18(31)8-28-19(32)13-3-1-2-4-14(13)20(28)33/h5-7,10-11,13-14H,1-4,8-9H2,(H,27,30). The minimum atomic E-state index is -4.65. The average molecular weight is 479 g/mol. The normalized spacial score (nSPS) is 20.3. The van der Waals surface area contributed by atoms with Crippen molar-refractivity contribution in [3.05, 3.63) is 36.4 Å². The summed E-state index contributed by atoms with van der Waals surface area (Å²) in [7, 11) is 0. The Balaban J connectivity index is 1.39. The van der Waals surface area contributed by atoms with E-state index < -0.39 is 60.4 Å². The van der Waals surface area contributed by atoms with Crippen molar-refractivity contribution in [1.29, 1.82) is 0 Å². The van der Waals surface area contributed by atoms with Crippen LogP contribution in [0.15, 0.2) is 30.9 Å². The second kappa shape index (κ2) is 9.23. The number of fused-ring (bicyclic) bond motifs is 1. The number of imide groups is 1. The van der Waals surface area contributed by atoms with E-state index in [0.717, 1.165) is 40.6 Å². The highest BCUT2D eigenvalue weighted by molar-refractivity contribution is 6.07. The first-order valence-corrected chi connectivity index (χ1v) is 10.5.